The second kappa shape index (κ2) is 9.34. The van der Waals surface area contributed by atoms with Crippen LogP contribution in [-0.2, 0) is 14.2 Å². The lowest BCUT2D eigenvalue weighted by Crippen LogP contribution is -2.45. The maximum absolute atomic E-state index is 9.28. The number of aliphatic hydroxyl groups is 2. The Kier molecular flexibility index (Phi) is 8.35. The molecule has 0 aromatic carbocycles. The first-order chi connectivity index (χ1) is 12.6. The molecule has 0 spiro atoms. The number of hydrogen-bond acceptors (Lipinski definition) is 5. The number of aliphatic hydroxyl groups excluding tert-OH is 2. The van der Waals surface area contributed by atoms with E-state index in [-0.39, 0.29) is 42.4 Å². The highest BCUT2D eigenvalue weighted by Crippen LogP contribution is 2.74. The Hall–Kier alpha value is 0.860. The van der Waals surface area contributed by atoms with Crippen LogP contribution in [-0.4, -0.2) is 69.5 Å². The van der Waals surface area contributed by atoms with Crippen molar-refractivity contribution in [1.82, 2.24) is 0 Å². The second-order valence-corrected chi connectivity index (χ2v) is 9.78. The average Bonchev–Trinajstić information content (AvgIpc) is 2.83. The SMILES string of the molecule is C=COC(COCC(O)CO)COCC1CC2(Cl)C(Cl)=C(Cl)C1(Cl)C2(Cl)Cl. The molecule has 2 aliphatic carbocycles. The van der Waals surface area contributed by atoms with Gasteiger partial charge >= 0.3 is 0 Å². The molecule has 5 nitrogen and oxygen atoms in total. The summed E-state index contributed by atoms with van der Waals surface area (Å²) in [7, 11) is 0. The van der Waals surface area contributed by atoms with Gasteiger partial charge in [-0.25, -0.2) is 0 Å². The van der Waals surface area contributed by atoms with Gasteiger partial charge in [-0.05, 0) is 6.42 Å². The van der Waals surface area contributed by atoms with Crippen molar-refractivity contribution in [2.75, 3.05) is 33.0 Å². The van der Waals surface area contributed by atoms with E-state index < -0.39 is 32.9 Å². The predicted molar refractivity (Wildman–Crippen MR) is 108 cm³/mol. The molecule has 0 aromatic rings. The largest absolute Gasteiger partial charge is 0.494 e. The van der Waals surface area contributed by atoms with E-state index in [9.17, 15) is 5.11 Å². The van der Waals surface area contributed by atoms with Gasteiger partial charge in [0.25, 0.3) is 0 Å². The molecule has 0 heterocycles. The number of ether oxygens (including phenoxy) is 3. The number of hydrogen-bond donors (Lipinski definition) is 2. The van der Waals surface area contributed by atoms with Crippen molar-refractivity contribution in [2.24, 2.45) is 5.92 Å². The van der Waals surface area contributed by atoms with Gasteiger partial charge in [-0.15, -0.1) is 23.2 Å². The fraction of sp³-hybridized carbons (Fsp3) is 0.750. The summed E-state index contributed by atoms with van der Waals surface area (Å²) in [4.78, 5) is -2.63. The molecule has 5 unspecified atom stereocenters. The molecule has 0 saturated heterocycles. The van der Waals surface area contributed by atoms with E-state index in [2.05, 4.69) is 6.58 Å². The molecule has 11 heteroatoms. The lowest BCUT2D eigenvalue weighted by Gasteiger charge is -2.33. The molecule has 5 atom stereocenters. The van der Waals surface area contributed by atoms with Crippen LogP contribution in [0.5, 0.6) is 0 Å². The molecule has 0 aromatic heterocycles. The summed E-state index contributed by atoms with van der Waals surface area (Å²) >= 11 is 38.6. The number of allylic oxidation sites excluding steroid dienone is 2. The number of fused-ring (bicyclic) bond motifs is 2. The zero-order valence-electron chi connectivity index (χ0n) is 14.1. The average molecular weight is 505 g/mol. The van der Waals surface area contributed by atoms with Gasteiger partial charge in [0.15, 0.2) is 4.33 Å². The Labute approximate surface area is 188 Å². The Morgan fingerprint density at radius 2 is 1.74 bits per heavy atom. The van der Waals surface area contributed by atoms with Gasteiger partial charge < -0.3 is 24.4 Å². The lowest BCUT2D eigenvalue weighted by atomic mass is 9.93. The van der Waals surface area contributed by atoms with Crippen LogP contribution in [0, 0.1) is 5.92 Å². The van der Waals surface area contributed by atoms with Crippen LogP contribution >= 0.6 is 69.6 Å². The smallest absolute Gasteiger partial charge is 0.166 e. The van der Waals surface area contributed by atoms with Crippen LogP contribution in [0.2, 0.25) is 0 Å². The summed E-state index contributed by atoms with van der Waals surface area (Å²) in [6.07, 6.45) is 0.122. The Morgan fingerprint density at radius 3 is 2.26 bits per heavy atom. The summed E-state index contributed by atoms with van der Waals surface area (Å²) < 4.78 is 14.7. The standard InChI is InChI=1S/C16H20Cl6O5/c1-2-27-11(8-26-6-10(24)4-23)7-25-5-9-3-14(19)12(17)13(18)15(9,20)16(14,21)22/h2,9-11,23-24H,1,3-8H2. The summed E-state index contributed by atoms with van der Waals surface area (Å²) in [6.45, 7) is 3.51. The van der Waals surface area contributed by atoms with E-state index in [1.54, 1.807) is 0 Å². The first-order valence-electron chi connectivity index (χ1n) is 8.08. The Morgan fingerprint density at radius 1 is 1.11 bits per heavy atom. The minimum atomic E-state index is -1.58. The molecule has 2 aliphatic rings. The van der Waals surface area contributed by atoms with Crippen molar-refractivity contribution in [3.63, 3.8) is 0 Å². The van der Waals surface area contributed by atoms with Gasteiger partial charge in [-0.2, -0.15) is 0 Å². The van der Waals surface area contributed by atoms with Gasteiger partial charge in [0, 0.05) is 5.92 Å². The summed E-state index contributed by atoms with van der Waals surface area (Å²) in [5.74, 6) is -0.372. The first kappa shape index (κ1) is 24.1. The maximum atomic E-state index is 9.28. The number of alkyl halides is 4. The zero-order valence-corrected chi connectivity index (χ0v) is 18.7. The minimum absolute atomic E-state index is 0.0321. The van der Waals surface area contributed by atoms with Crippen LogP contribution in [0.1, 0.15) is 6.42 Å². The molecular formula is C16H20Cl6O5. The van der Waals surface area contributed by atoms with Crippen LogP contribution in [0.3, 0.4) is 0 Å². The monoisotopic (exact) mass is 502 g/mol. The quantitative estimate of drug-likeness (QED) is 0.331. The minimum Gasteiger partial charge on any atom is -0.494 e. The molecule has 2 rings (SSSR count). The number of halogens is 6. The summed E-state index contributed by atoms with van der Waals surface area (Å²) in [5, 5.41) is 18.3. The fourth-order valence-corrected chi connectivity index (χ4v) is 6.03. The fourth-order valence-electron chi connectivity index (χ4n) is 3.20. The van der Waals surface area contributed by atoms with E-state index in [0.717, 1.165) is 0 Å². The van der Waals surface area contributed by atoms with Crippen LogP contribution < -0.4 is 0 Å². The third kappa shape index (κ3) is 4.20. The van der Waals surface area contributed by atoms with Gasteiger partial charge in [-0.1, -0.05) is 53.0 Å². The van der Waals surface area contributed by atoms with Crippen molar-refractivity contribution in [1.29, 1.82) is 0 Å². The molecule has 0 radical (unpaired) electrons. The summed E-state index contributed by atoms with van der Waals surface area (Å²) in [6, 6.07) is 0. The van der Waals surface area contributed by atoms with Crippen molar-refractivity contribution >= 4 is 69.6 Å². The molecule has 1 fully saturated rings. The number of rotatable bonds is 11. The normalized spacial score (nSPS) is 34.0. The zero-order chi connectivity index (χ0) is 20.5. The first-order valence-corrected chi connectivity index (χ1v) is 10.4. The molecule has 1 saturated carbocycles. The highest BCUT2D eigenvalue weighted by atomic mass is 35.5. The second-order valence-electron chi connectivity index (χ2n) is 6.45. The van der Waals surface area contributed by atoms with E-state index in [0.29, 0.717) is 6.42 Å². The van der Waals surface area contributed by atoms with Gasteiger partial charge in [0.05, 0.1) is 49.4 Å². The van der Waals surface area contributed by atoms with Gasteiger partial charge in [-0.3, -0.25) is 0 Å². The lowest BCUT2D eigenvalue weighted by molar-refractivity contribution is -0.0561. The van der Waals surface area contributed by atoms with Crippen LogP contribution in [0.15, 0.2) is 22.9 Å². The molecule has 156 valence electrons. The maximum Gasteiger partial charge on any atom is 0.166 e. The molecule has 0 amide bonds. The third-order valence-electron chi connectivity index (χ3n) is 4.64. The van der Waals surface area contributed by atoms with E-state index in [1.807, 2.05) is 0 Å². The van der Waals surface area contributed by atoms with E-state index in [1.165, 1.54) is 6.26 Å². The van der Waals surface area contributed by atoms with Crippen LogP contribution in [0.25, 0.3) is 0 Å². The van der Waals surface area contributed by atoms with E-state index in [4.69, 9.17) is 88.9 Å². The van der Waals surface area contributed by atoms with Crippen LogP contribution in [0.4, 0.5) is 0 Å². The molecule has 27 heavy (non-hydrogen) atoms. The topological polar surface area (TPSA) is 68.2 Å². The molecule has 0 aliphatic heterocycles. The highest BCUT2D eigenvalue weighted by molar-refractivity contribution is 6.65. The van der Waals surface area contributed by atoms with Gasteiger partial charge in [0.2, 0.25) is 0 Å². The highest BCUT2D eigenvalue weighted by Gasteiger charge is 2.78. The molecule has 2 N–H and O–H groups in total. The molecular weight excluding hydrogens is 485 g/mol. The molecule has 2 bridgehead atoms. The van der Waals surface area contributed by atoms with E-state index >= 15 is 0 Å². The van der Waals surface area contributed by atoms with Crippen molar-refractivity contribution < 1.29 is 24.4 Å². The Balaban J connectivity index is 1.92. The Bertz CT molecular complexity index is 588. The summed E-state index contributed by atoms with van der Waals surface area (Å²) in [5.41, 5.74) is 0. The van der Waals surface area contributed by atoms with Crippen molar-refractivity contribution in [3.8, 4) is 0 Å². The third-order valence-corrected chi connectivity index (χ3v) is 8.97. The predicted octanol–water partition coefficient (Wildman–Crippen LogP) is 3.75. The van der Waals surface area contributed by atoms with Gasteiger partial charge in [0.1, 0.15) is 22.0 Å². The van der Waals surface area contributed by atoms with Crippen molar-refractivity contribution in [3.05, 3.63) is 22.9 Å². The van der Waals surface area contributed by atoms with Crippen molar-refractivity contribution in [2.45, 2.75) is 32.7 Å².